The van der Waals surface area contributed by atoms with Gasteiger partial charge in [-0.2, -0.15) is 0 Å². The zero-order chi connectivity index (χ0) is 19.3. The van der Waals surface area contributed by atoms with E-state index >= 15 is 0 Å². The average molecular weight is 384 g/mol. The van der Waals surface area contributed by atoms with E-state index in [1.165, 1.54) is 38.5 Å². The van der Waals surface area contributed by atoms with Gasteiger partial charge in [0.2, 0.25) is 0 Å². The van der Waals surface area contributed by atoms with Crippen molar-refractivity contribution >= 4 is 7.82 Å². The third-order valence-electron chi connectivity index (χ3n) is 4.49. The molecule has 0 saturated heterocycles. The maximum absolute atomic E-state index is 12.0. The lowest BCUT2D eigenvalue weighted by atomic mass is 10.1. The first-order chi connectivity index (χ1) is 12.4. The monoisotopic (exact) mass is 384 g/mol. The van der Waals surface area contributed by atoms with Crippen LogP contribution in [0.2, 0.25) is 0 Å². The molecule has 5 nitrogen and oxygen atoms in total. The summed E-state index contributed by atoms with van der Waals surface area (Å²) in [5.41, 5.74) is 0. The van der Waals surface area contributed by atoms with E-state index in [2.05, 4.69) is 20.6 Å². The molecule has 0 spiro atoms. The van der Waals surface area contributed by atoms with Gasteiger partial charge in [0.25, 0.3) is 0 Å². The summed E-state index contributed by atoms with van der Waals surface area (Å²) >= 11 is 0. The average Bonchev–Trinajstić information content (AvgIpc) is 2.62. The maximum Gasteiger partial charge on any atom is 0.527 e. The zero-order valence-corrected chi connectivity index (χ0v) is 17.2. The van der Waals surface area contributed by atoms with E-state index in [-0.39, 0.29) is 6.61 Å². The first-order valence-electron chi connectivity index (χ1n) is 9.60. The van der Waals surface area contributed by atoms with Gasteiger partial charge in [0.05, 0.1) is 32.9 Å². The molecule has 1 rings (SSSR count). The molecule has 0 aliphatic heterocycles. The quantitative estimate of drug-likeness (QED) is 0.246. The summed E-state index contributed by atoms with van der Waals surface area (Å²) in [5, 5.41) is 0. The highest BCUT2D eigenvalue weighted by Crippen LogP contribution is 2.43. The van der Waals surface area contributed by atoms with Crippen LogP contribution in [0.15, 0.2) is 43.1 Å². The van der Waals surface area contributed by atoms with E-state index in [4.69, 9.17) is 9.05 Å². The SMILES string of the molecule is C=C[N+](C)(CCCCCCCC)CCCOP(=O)(O)Oc1ccccc1. The van der Waals surface area contributed by atoms with Crippen LogP contribution in [-0.2, 0) is 9.09 Å². The maximum atomic E-state index is 12.0. The highest BCUT2D eigenvalue weighted by molar-refractivity contribution is 7.47. The number of rotatable bonds is 15. The number of benzene rings is 1. The Bertz CT molecular complexity index is 552. The minimum absolute atomic E-state index is 0.179. The Labute approximate surface area is 158 Å². The Morgan fingerprint density at radius 3 is 2.35 bits per heavy atom. The number of nitrogens with zero attached hydrogens (tertiary/aromatic N) is 1. The number of phosphoric ester groups is 1. The molecule has 1 aromatic rings. The molecule has 0 heterocycles. The first kappa shape index (κ1) is 22.9. The molecular weight excluding hydrogens is 349 g/mol. The van der Waals surface area contributed by atoms with Crippen LogP contribution in [0.1, 0.15) is 51.9 Å². The molecule has 1 aromatic carbocycles. The summed E-state index contributed by atoms with van der Waals surface area (Å²) in [6, 6.07) is 8.54. The molecule has 0 radical (unpaired) electrons. The standard InChI is InChI=1S/C20H34NO4P/c1-4-6-7-8-9-13-17-21(3,5-2)18-14-19-24-26(22,23)25-20-15-11-10-12-16-20/h5,10-12,15-16H,2,4,6-9,13-14,17-19H2,1,3H3/p+1. The largest absolute Gasteiger partial charge is 0.527 e. The van der Waals surface area contributed by atoms with Gasteiger partial charge in [0.15, 0.2) is 0 Å². The Hall–Kier alpha value is -1.13. The lowest BCUT2D eigenvalue weighted by Gasteiger charge is -2.30. The highest BCUT2D eigenvalue weighted by Gasteiger charge is 2.24. The van der Waals surface area contributed by atoms with Crippen LogP contribution >= 0.6 is 7.82 Å². The van der Waals surface area contributed by atoms with Gasteiger partial charge in [-0.05, 0) is 31.6 Å². The zero-order valence-electron chi connectivity index (χ0n) is 16.3. The fourth-order valence-electron chi connectivity index (χ4n) is 2.79. The molecular formula is C20H35NO4P+. The molecule has 1 N–H and O–H groups in total. The van der Waals surface area contributed by atoms with E-state index in [1.807, 2.05) is 12.3 Å². The molecule has 0 aromatic heterocycles. The number of hydrogen-bond donors (Lipinski definition) is 1. The molecule has 26 heavy (non-hydrogen) atoms. The van der Waals surface area contributed by atoms with E-state index in [1.54, 1.807) is 24.3 Å². The van der Waals surface area contributed by atoms with E-state index in [0.717, 1.165) is 17.6 Å². The van der Waals surface area contributed by atoms with Crippen LogP contribution in [0.5, 0.6) is 5.75 Å². The summed E-state index contributed by atoms with van der Waals surface area (Å²) < 4.78 is 22.8. The van der Waals surface area contributed by atoms with Crippen molar-refractivity contribution in [2.24, 2.45) is 0 Å². The summed E-state index contributed by atoms with van der Waals surface area (Å²) in [6.45, 7) is 8.21. The molecule has 0 aliphatic rings. The lowest BCUT2D eigenvalue weighted by Crippen LogP contribution is -2.40. The van der Waals surface area contributed by atoms with Crippen molar-refractivity contribution in [2.75, 3.05) is 26.7 Å². The van der Waals surface area contributed by atoms with Crippen LogP contribution < -0.4 is 4.52 Å². The molecule has 2 unspecified atom stereocenters. The smallest absolute Gasteiger partial charge is 0.404 e. The Kier molecular flexibility index (Phi) is 10.8. The predicted molar refractivity (Wildman–Crippen MR) is 107 cm³/mol. The minimum Gasteiger partial charge on any atom is -0.404 e. The van der Waals surface area contributed by atoms with Crippen LogP contribution in [-0.4, -0.2) is 36.1 Å². The number of unbranched alkanes of at least 4 members (excludes halogenated alkanes) is 5. The second-order valence-electron chi connectivity index (χ2n) is 6.94. The molecule has 0 fully saturated rings. The van der Waals surface area contributed by atoms with Crippen LogP contribution in [0, 0.1) is 0 Å². The van der Waals surface area contributed by atoms with E-state index in [9.17, 15) is 9.46 Å². The lowest BCUT2D eigenvalue weighted by molar-refractivity contribution is -0.859. The van der Waals surface area contributed by atoms with Crippen molar-refractivity contribution in [1.82, 2.24) is 0 Å². The topological polar surface area (TPSA) is 55.8 Å². The molecule has 2 atom stereocenters. The van der Waals surface area contributed by atoms with E-state index < -0.39 is 7.82 Å². The predicted octanol–water partition coefficient (Wildman–Crippen LogP) is 5.52. The van der Waals surface area contributed by atoms with Crippen LogP contribution in [0.25, 0.3) is 0 Å². The molecule has 0 aliphatic carbocycles. The van der Waals surface area contributed by atoms with Crippen molar-refractivity contribution in [3.05, 3.63) is 43.1 Å². The number of quaternary nitrogens is 1. The summed E-state index contributed by atoms with van der Waals surface area (Å²) in [6.07, 6.45) is 10.2. The Balaban J connectivity index is 2.26. The Morgan fingerprint density at radius 2 is 1.69 bits per heavy atom. The van der Waals surface area contributed by atoms with Gasteiger partial charge in [-0.1, -0.05) is 50.8 Å². The second-order valence-corrected chi connectivity index (χ2v) is 8.31. The molecule has 0 saturated carbocycles. The molecule has 0 bridgehead atoms. The van der Waals surface area contributed by atoms with Gasteiger partial charge in [-0.3, -0.25) is 9.42 Å². The number of hydrogen-bond acceptors (Lipinski definition) is 3. The fourth-order valence-corrected chi connectivity index (χ4v) is 3.59. The Morgan fingerprint density at radius 1 is 1.08 bits per heavy atom. The van der Waals surface area contributed by atoms with Gasteiger partial charge in [0.1, 0.15) is 5.75 Å². The minimum atomic E-state index is -4.07. The second kappa shape index (κ2) is 12.3. The third-order valence-corrected chi connectivity index (χ3v) is 5.45. The highest BCUT2D eigenvalue weighted by atomic mass is 31.2. The van der Waals surface area contributed by atoms with Crippen LogP contribution in [0.3, 0.4) is 0 Å². The van der Waals surface area contributed by atoms with Crippen molar-refractivity contribution in [1.29, 1.82) is 0 Å². The van der Waals surface area contributed by atoms with Gasteiger partial charge in [-0.15, -0.1) is 0 Å². The van der Waals surface area contributed by atoms with Gasteiger partial charge in [-0.25, -0.2) is 4.57 Å². The summed E-state index contributed by atoms with van der Waals surface area (Å²) in [5.74, 6) is 0.327. The molecule has 148 valence electrons. The van der Waals surface area contributed by atoms with E-state index in [0.29, 0.717) is 12.2 Å². The third kappa shape index (κ3) is 10.1. The molecule has 6 heteroatoms. The van der Waals surface area contributed by atoms with Gasteiger partial charge >= 0.3 is 7.82 Å². The first-order valence-corrected chi connectivity index (χ1v) is 11.1. The number of phosphoric acid groups is 1. The van der Waals surface area contributed by atoms with Gasteiger partial charge < -0.3 is 9.01 Å². The fraction of sp³-hybridized carbons (Fsp3) is 0.600. The van der Waals surface area contributed by atoms with Crippen LogP contribution in [0.4, 0.5) is 0 Å². The van der Waals surface area contributed by atoms with Crippen molar-refractivity contribution in [3.8, 4) is 5.75 Å². The van der Waals surface area contributed by atoms with Crippen molar-refractivity contribution in [2.45, 2.75) is 51.9 Å². The van der Waals surface area contributed by atoms with Crippen molar-refractivity contribution < 1.29 is 23.0 Å². The normalized spacial score (nSPS) is 15.8. The number of para-hydroxylation sites is 1. The summed E-state index contributed by atoms with van der Waals surface area (Å²) in [7, 11) is -1.94. The van der Waals surface area contributed by atoms with Crippen molar-refractivity contribution in [3.63, 3.8) is 0 Å². The molecule has 0 amide bonds. The van der Waals surface area contributed by atoms with Gasteiger partial charge in [0, 0.05) is 6.42 Å². The summed E-state index contributed by atoms with van der Waals surface area (Å²) in [4.78, 5) is 9.78.